The predicted octanol–water partition coefficient (Wildman–Crippen LogP) is 1.35. The molecule has 1 N–H and O–H groups in total. The van der Waals surface area contributed by atoms with Crippen molar-refractivity contribution in [3.63, 3.8) is 0 Å². The Hall–Kier alpha value is -1.33. The van der Waals surface area contributed by atoms with Crippen molar-refractivity contribution < 1.29 is 0 Å². The topological polar surface area (TPSA) is 47.7 Å². The zero-order valence-electron chi connectivity index (χ0n) is 10.1. The predicted molar refractivity (Wildman–Crippen MR) is 68.9 cm³/mol. The van der Waals surface area contributed by atoms with Gasteiger partial charge in [-0.25, -0.2) is 0 Å². The molecule has 0 aliphatic rings. The number of hydrogen-bond acceptors (Lipinski definition) is 3. The van der Waals surface area contributed by atoms with Gasteiger partial charge in [0.25, 0.3) is 0 Å². The highest BCUT2D eigenvalue weighted by molar-refractivity contribution is 5.85. The van der Waals surface area contributed by atoms with Crippen LogP contribution in [-0.2, 0) is 26.7 Å². The summed E-state index contributed by atoms with van der Waals surface area (Å²) >= 11 is 0. The van der Waals surface area contributed by atoms with Crippen molar-refractivity contribution in [1.29, 1.82) is 0 Å². The molecule has 0 aliphatic carbocycles. The molecule has 0 saturated carbocycles. The number of aryl methyl sites for hydroxylation is 2. The SMILES string of the molecule is CCn1nccc1CNCc1ccnn1C.Cl. The minimum Gasteiger partial charge on any atom is -0.306 e. The van der Waals surface area contributed by atoms with Gasteiger partial charge in [-0.3, -0.25) is 9.36 Å². The van der Waals surface area contributed by atoms with E-state index < -0.39 is 0 Å². The molecule has 0 radical (unpaired) electrons. The Labute approximate surface area is 107 Å². The minimum absolute atomic E-state index is 0. The molecule has 5 nitrogen and oxygen atoms in total. The molecule has 0 saturated heterocycles. The Balaban J connectivity index is 0.00000144. The van der Waals surface area contributed by atoms with Gasteiger partial charge in [0.05, 0.1) is 11.4 Å². The molecule has 2 aromatic heterocycles. The molecular formula is C11H18ClN5. The van der Waals surface area contributed by atoms with E-state index in [1.807, 2.05) is 40.9 Å². The second-order valence-corrected chi connectivity index (χ2v) is 3.69. The van der Waals surface area contributed by atoms with Gasteiger partial charge in [-0.15, -0.1) is 12.4 Å². The highest BCUT2D eigenvalue weighted by atomic mass is 35.5. The first-order valence-corrected chi connectivity index (χ1v) is 5.49. The van der Waals surface area contributed by atoms with Crippen LogP contribution in [0.15, 0.2) is 24.5 Å². The van der Waals surface area contributed by atoms with E-state index in [4.69, 9.17) is 0 Å². The Morgan fingerprint density at radius 3 is 2.41 bits per heavy atom. The molecule has 2 rings (SSSR count). The first-order valence-electron chi connectivity index (χ1n) is 5.49. The van der Waals surface area contributed by atoms with Crippen molar-refractivity contribution in [3.8, 4) is 0 Å². The number of aromatic nitrogens is 4. The number of rotatable bonds is 5. The molecule has 0 amide bonds. The van der Waals surface area contributed by atoms with Gasteiger partial charge < -0.3 is 5.32 Å². The molecular weight excluding hydrogens is 238 g/mol. The Bertz CT molecular complexity index is 448. The van der Waals surface area contributed by atoms with E-state index in [9.17, 15) is 0 Å². The maximum Gasteiger partial charge on any atom is 0.0522 e. The van der Waals surface area contributed by atoms with E-state index in [2.05, 4.69) is 22.4 Å². The standard InChI is InChI=1S/C11H17N5.ClH/c1-3-16-11(5-7-14-16)9-12-8-10-4-6-13-15(10)2;/h4-7,12H,3,8-9H2,1-2H3;1H. The monoisotopic (exact) mass is 255 g/mol. The summed E-state index contributed by atoms with van der Waals surface area (Å²) in [5.74, 6) is 0. The van der Waals surface area contributed by atoms with Crippen molar-refractivity contribution in [1.82, 2.24) is 24.9 Å². The van der Waals surface area contributed by atoms with Crippen molar-refractivity contribution in [2.75, 3.05) is 0 Å². The molecule has 0 aromatic carbocycles. The molecule has 6 heteroatoms. The molecule has 17 heavy (non-hydrogen) atoms. The second-order valence-electron chi connectivity index (χ2n) is 3.69. The normalized spacial score (nSPS) is 10.2. The molecule has 0 bridgehead atoms. The summed E-state index contributed by atoms with van der Waals surface area (Å²) in [5.41, 5.74) is 2.40. The summed E-state index contributed by atoms with van der Waals surface area (Å²) in [7, 11) is 1.95. The van der Waals surface area contributed by atoms with Crippen molar-refractivity contribution >= 4 is 12.4 Å². The number of nitrogens with one attached hydrogen (secondary N) is 1. The molecule has 0 atom stereocenters. The summed E-state index contributed by atoms with van der Waals surface area (Å²) in [4.78, 5) is 0. The van der Waals surface area contributed by atoms with Gasteiger partial charge in [0.2, 0.25) is 0 Å². The van der Waals surface area contributed by atoms with E-state index in [0.717, 1.165) is 19.6 Å². The lowest BCUT2D eigenvalue weighted by Gasteiger charge is -2.06. The smallest absolute Gasteiger partial charge is 0.0522 e. The first kappa shape index (κ1) is 13.7. The zero-order valence-corrected chi connectivity index (χ0v) is 10.9. The van der Waals surface area contributed by atoms with Gasteiger partial charge in [0.15, 0.2) is 0 Å². The van der Waals surface area contributed by atoms with Crippen LogP contribution in [0.2, 0.25) is 0 Å². The number of hydrogen-bond donors (Lipinski definition) is 1. The van der Waals surface area contributed by atoms with Gasteiger partial charge in [-0.05, 0) is 19.1 Å². The summed E-state index contributed by atoms with van der Waals surface area (Å²) in [6.07, 6.45) is 3.65. The maximum absolute atomic E-state index is 4.23. The van der Waals surface area contributed by atoms with E-state index in [1.165, 1.54) is 11.4 Å². The number of nitrogens with zero attached hydrogens (tertiary/aromatic N) is 4. The van der Waals surface area contributed by atoms with Crippen LogP contribution in [0.4, 0.5) is 0 Å². The third-order valence-electron chi connectivity index (χ3n) is 2.64. The third kappa shape index (κ3) is 3.31. The third-order valence-corrected chi connectivity index (χ3v) is 2.64. The molecule has 0 unspecified atom stereocenters. The van der Waals surface area contributed by atoms with Crippen LogP contribution in [0.25, 0.3) is 0 Å². The lowest BCUT2D eigenvalue weighted by atomic mass is 10.4. The molecule has 0 fully saturated rings. The van der Waals surface area contributed by atoms with Crippen LogP contribution in [0, 0.1) is 0 Å². The Kier molecular flexibility index (Phi) is 5.18. The molecule has 0 spiro atoms. The molecule has 2 aromatic rings. The first-order chi connectivity index (χ1) is 7.81. The Morgan fingerprint density at radius 1 is 1.12 bits per heavy atom. The van der Waals surface area contributed by atoms with Gasteiger partial charge in [-0.1, -0.05) is 0 Å². The average molecular weight is 256 g/mol. The van der Waals surface area contributed by atoms with Gasteiger partial charge >= 0.3 is 0 Å². The fourth-order valence-corrected chi connectivity index (χ4v) is 1.69. The maximum atomic E-state index is 4.23. The van der Waals surface area contributed by atoms with Crippen molar-refractivity contribution in [2.45, 2.75) is 26.6 Å². The molecule has 94 valence electrons. The highest BCUT2D eigenvalue weighted by Crippen LogP contribution is 2.00. The van der Waals surface area contributed by atoms with Gasteiger partial charge in [0, 0.05) is 39.1 Å². The largest absolute Gasteiger partial charge is 0.306 e. The van der Waals surface area contributed by atoms with E-state index >= 15 is 0 Å². The molecule has 2 heterocycles. The number of halogens is 1. The van der Waals surface area contributed by atoms with Gasteiger partial charge in [0.1, 0.15) is 0 Å². The lowest BCUT2D eigenvalue weighted by Crippen LogP contribution is -2.17. The van der Waals surface area contributed by atoms with Crippen molar-refractivity contribution in [3.05, 3.63) is 35.9 Å². The van der Waals surface area contributed by atoms with Crippen molar-refractivity contribution in [2.24, 2.45) is 7.05 Å². The van der Waals surface area contributed by atoms with E-state index in [-0.39, 0.29) is 12.4 Å². The van der Waals surface area contributed by atoms with Crippen LogP contribution in [0.1, 0.15) is 18.3 Å². The van der Waals surface area contributed by atoms with E-state index in [0.29, 0.717) is 0 Å². The molecule has 0 aliphatic heterocycles. The summed E-state index contributed by atoms with van der Waals surface area (Å²) in [5, 5.41) is 11.7. The van der Waals surface area contributed by atoms with Crippen LogP contribution in [0.5, 0.6) is 0 Å². The van der Waals surface area contributed by atoms with Crippen LogP contribution < -0.4 is 5.32 Å². The highest BCUT2D eigenvalue weighted by Gasteiger charge is 2.01. The summed E-state index contributed by atoms with van der Waals surface area (Å²) in [6, 6.07) is 4.06. The van der Waals surface area contributed by atoms with Crippen LogP contribution in [-0.4, -0.2) is 19.6 Å². The second kappa shape index (κ2) is 6.42. The van der Waals surface area contributed by atoms with Crippen LogP contribution in [0.3, 0.4) is 0 Å². The minimum atomic E-state index is 0. The Morgan fingerprint density at radius 2 is 1.76 bits per heavy atom. The zero-order chi connectivity index (χ0) is 11.4. The van der Waals surface area contributed by atoms with Crippen LogP contribution >= 0.6 is 12.4 Å². The van der Waals surface area contributed by atoms with E-state index in [1.54, 1.807) is 0 Å². The van der Waals surface area contributed by atoms with Gasteiger partial charge in [-0.2, -0.15) is 10.2 Å². The lowest BCUT2D eigenvalue weighted by molar-refractivity contribution is 0.567. The summed E-state index contributed by atoms with van der Waals surface area (Å²) in [6.45, 7) is 4.66. The average Bonchev–Trinajstić information content (AvgIpc) is 2.88. The fraction of sp³-hybridized carbons (Fsp3) is 0.455. The summed E-state index contributed by atoms with van der Waals surface area (Å²) < 4.78 is 3.88. The quantitative estimate of drug-likeness (QED) is 0.877. The fourth-order valence-electron chi connectivity index (χ4n) is 1.69.